The quantitative estimate of drug-likeness (QED) is 0.0934. The van der Waals surface area contributed by atoms with Crippen molar-refractivity contribution < 1.29 is 14.4 Å². The van der Waals surface area contributed by atoms with Crippen LogP contribution in [0, 0.1) is 0 Å². The lowest BCUT2D eigenvalue weighted by Crippen LogP contribution is -2.00. The molecule has 0 aliphatic heterocycles. The lowest BCUT2D eigenvalue weighted by atomic mass is 10.1. The molecule has 0 aliphatic rings. The molecule has 0 heterocycles. The summed E-state index contributed by atoms with van der Waals surface area (Å²) in [6.07, 6.45) is 16.4. The van der Waals surface area contributed by atoms with Crippen molar-refractivity contribution >= 4 is 70.5 Å². The predicted octanol–water partition coefficient (Wildman–Crippen LogP) is 8.11. The lowest BCUT2D eigenvalue weighted by molar-refractivity contribution is -0.107. The molecule has 0 radical (unpaired) electrons. The van der Waals surface area contributed by atoms with Gasteiger partial charge in [-0.3, -0.25) is 4.79 Å². The third kappa shape index (κ3) is 28.8. The van der Waals surface area contributed by atoms with Crippen LogP contribution in [0.2, 0.25) is 5.02 Å². The number of benzene rings is 1. The first kappa shape index (κ1) is 32.0. The molecular weight excluding hydrogens is 482 g/mol. The van der Waals surface area contributed by atoms with Crippen molar-refractivity contribution in [3.63, 3.8) is 0 Å². The van der Waals surface area contributed by atoms with E-state index in [1.165, 1.54) is 63.9 Å². The molecule has 174 valence electrons. The Bertz CT molecular complexity index is 652. The number of aldehydes is 1. The first-order chi connectivity index (χ1) is 14.8. The van der Waals surface area contributed by atoms with Crippen LogP contribution in [0.15, 0.2) is 34.3 Å². The molecule has 0 saturated heterocycles. The van der Waals surface area contributed by atoms with Crippen molar-refractivity contribution in [2.75, 3.05) is 6.54 Å². The van der Waals surface area contributed by atoms with Gasteiger partial charge in [-0.25, -0.2) is 14.6 Å². The maximum atomic E-state index is 9.77. The van der Waals surface area contributed by atoms with E-state index in [2.05, 4.69) is 16.9 Å². The number of hydrogen-bond acceptors (Lipinski definition) is 5. The largest absolute Gasteiger partial charge is 0.299 e. The number of carbonyl (C=O) groups excluding carboxylic acids is 3. The van der Waals surface area contributed by atoms with E-state index in [9.17, 15) is 14.4 Å². The molecular formula is C22H30Cl4N2O3. The van der Waals surface area contributed by atoms with Gasteiger partial charge in [-0.2, -0.15) is 4.99 Å². The maximum Gasteiger partial charge on any atom is 0.245 e. The summed E-state index contributed by atoms with van der Waals surface area (Å²) in [6, 6.07) is 6.62. The molecule has 1 rings (SSSR count). The standard InChI is InChI=1S/C13H25NO.C7H4ClNO.C2HCl3O/c1-2-3-4-5-6-7-8-9-10-11-12-14-13-15;8-6-1-3-7(4-2-6)9-5-10;3-2(4,5)1-6/h2-12H2,1H3;1-4H;1H. The summed E-state index contributed by atoms with van der Waals surface area (Å²) in [5, 5.41) is 0.629. The molecule has 1 aromatic carbocycles. The Kier molecular flexibility index (Phi) is 24.2. The zero-order chi connectivity index (χ0) is 23.8. The Balaban J connectivity index is 0. The first-order valence-electron chi connectivity index (χ1n) is 10.2. The molecule has 5 nitrogen and oxygen atoms in total. The van der Waals surface area contributed by atoms with E-state index in [1.54, 1.807) is 30.3 Å². The van der Waals surface area contributed by atoms with Crippen LogP contribution in [0.1, 0.15) is 71.1 Å². The van der Waals surface area contributed by atoms with Crippen LogP contribution in [0.25, 0.3) is 0 Å². The second kappa shape index (κ2) is 23.5. The third-order valence-electron chi connectivity index (χ3n) is 3.82. The van der Waals surface area contributed by atoms with Crippen LogP contribution in [-0.2, 0) is 14.4 Å². The highest BCUT2D eigenvalue weighted by atomic mass is 35.6. The number of unbranched alkanes of at least 4 members (excludes halogenated alkanes) is 9. The molecule has 0 atom stereocenters. The Hall–Kier alpha value is -1.19. The molecule has 0 fully saturated rings. The van der Waals surface area contributed by atoms with Crippen molar-refractivity contribution in [3.05, 3.63) is 29.3 Å². The minimum Gasteiger partial charge on any atom is -0.299 e. The van der Waals surface area contributed by atoms with Gasteiger partial charge in [0.15, 0.2) is 6.29 Å². The van der Waals surface area contributed by atoms with Gasteiger partial charge in [-0.15, -0.1) is 0 Å². The van der Waals surface area contributed by atoms with Gasteiger partial charge in [0.25, 0.3) is 0 Å². The van der Waals surface area contributed by atoms with Crippen LogP contribution in [0.5, 0.6) is 0 Å². The Morgan fingerprint density at radius 2 is 1.29 bits per heavy atom. The number of carbonyl (C=O) groups is 1. The minimum atomic E-state index is -1.72. The second-order valence-corrected chi connectivity index (χ2v) is 9.30. The van der Waals surface area contributed by atoms with Gasteiger partial charge in [0.1, 0.15) is 0 Å². The average molecular weight is 512 g/mol. The van der Waals surface area contributed by atoms with Crippen molar-refractivity contribution in [1.82, 2.24) is 0 Å². The number of halogens is 4. The number of hydrogen-bond donors (Lipinski definition) is 0. The topological polar surface area (TPSA) is 75.9 Å². The summed E-state index contributed by atoms with van der Waals surface area (Å²) in [4.78, 5) is 35.9. The summed E-state index contributed by atoms with van der Waals surface area (Å²) in [5.74, 6) is 0. The van der Waals surface area contributed by atoms with Gasteiger partial charge < -0.3 is 0 Å². The number of aliphatic imine (C=N–C) groups is 2. The fourth-order valence-corrected chi connectivity index (χ4v) is 2.42. The highest BCUT2D eigenvalue weighted by Crippen LogP contribution is 2.21. The van der Waals surface area contributed by atoms with Crippen LogP contribution in [-0.4, -0.2) is 28.8 Å². The van der Waals surface area contributed by atoms with E-state index in [-0.39, 0.29) is 6.29 Å². The van der Waals surface area contributed by atoms with Gasteiger partial charge >= 0.3 is 0 Å². The summed E-state index contributed by atoms with van der Waals surface area (Å²) in [7, 11) is 0. The smallest absolute Gasteiger partial charge is 0.245 e. The molecule has 0 amide bonds. The van der Waals surface area contributed by atoms with Crippen molar-refractivity contribution in [3.8, 4) is 0 Å². The fraction of sp³-hybridized carbons (Fsp3) is 0.591. The predicted molar refractivity (Wildman–Crippen MR) is 130 cm³/mol. The average Bonchev–Trinajstić information content (AvgIpc) is 2.74. The molecule has 31 heavy (non-hydrogen) atoms. The second-order valence-electron chi connectivity index (χ2n) is 6.49. The van der Waals surface area contributed by atoms with Gasteiger partial charge in [0, 0.05) is 5.02 Å². The first-order valence-corrected chi connectivity index (χ1v) is 11.7. The molecule has 0 spiro atoms. The number of isocyanates is 2. The van der Waals surface area contributed by atoms with E-state index in [4.69, 9.17) is 46.4 Å². The monoisotopic (exact) mass is 510 g/mol. The summed E-state index contributed by atoms with van der Waals surface area (Å²) < 4.78 is -1.72. The summed E-state index contributed by atoms with van der Waals surface area (Å²) in [6.45, 7) is 2.92. The van der Waals surface area contributed by atoms with E-state index >= 15 is 0 Å². The molecule has 0 bridgehead atoms. The lowest BCUT2D eigenvalue weighted by Gasteiger charge is -2.00. The molecule has 0 aliphatic carbocycles. The highest BCUT2D eigenvalue weighted by Gasteiger charge is 2.16. The Morgan fingerprint density at radius 1 is 0.839 bits per heavy atom. The Morgan fingerprint density at radius 3 is 1.68 bits per heavy atom. The fourth-order valence-electron chi connectivity index (χ4n) is 2.29. The van der Waals surface area contributed by atoms with E-state index in [0.29, 0.717) is 17.3 Å². The molecule has 0 saturated carbocycles. The normalized spacial score (nSPS) is 9.71. The van der Waals surface area contributed by atoms with Crippen LogP contribution in [0.3, 0.4) is 0 Å². The van der Waals surface area contributed by atoms with Crippen molar-refractivity contribution in [2.45, 2.75) is 74.9 Å². The number of nitrogens with zero attached hydrogens (tertiary/aromatic N) is 2. The van der Waals surface area contributed by atoms with Crippen LogP contribution >= 0.6 is 46.4 Å². The van der Waals surface area contributed by atoms with Gasteiger partial charge in [0.2, 0.25) is 16.0 Å². The zero-order valence-corrected chi connectivity index (χ0v) is 20.8. The van der Waals surface area contributed by atoms with Crippen molar-refractivity contribution in [2.24, 2.45) is 9.98 Å². The number of rotatable bonds is 12. The summed E-state index contributed by atoms with van der Waals surface area (Å²) >= 11 is 20.2. The van der Waals surface area contributed by atoms with E-state index < -0.39 is 3.79 Å². The SMILES string of the molecule is CCCCCCCCCCCCN=C=O.O=C=Nc1ccc(Cl)cc1.O=CC(Cl)(Cl)Cl. The van der Waals surface area contributed by atoms with Gasteiger partial charge in [0.05, 0.1) is 12.2 Å². The van der Waals surface area contributed by atoms with Gasteiger partial charge in [-0.1, -0.05) is 111 Å². The zero-order valence-electron chi connectivity index (χ0n) is 17.8. The molecule has 9 heteroatoms. The molecule has 0 unspecified atom stereocenters. The van der Waals surface area contributed by atoms with E-state index in [1.807, 2.05) is 0 Å². The molecule has 0 aromatic heterocycles. The van der Waals surface area contributed by atoms with Crippen LogP contribution in [0.4, 0.5) is 5.69 Å². The molecule has 0 N–H and O–H groups in total. The number of alkyl halides is 3. The minimum absolute atomic E-state index is 0.234. The van der Waals surface area contributed by atoms with Crippen LogP contribution < -0.4 is 0 Å². The van der Waals surface area contributed by atoms with Crippen molar-refractivity contribution in [1.29, 1.82) is 0 Å². The summed E-state index contributed by atoms with van der Waals surface area (Å²) in [5.41, 5.74) is 0.569. The highest BCUT2D eigenvalue weighted by molar-refractivity contribution is 6.74. The Labute approximate surface area is 205 Å². The van der Waals surface area contributed by atoms with Gasteiger partial charge in [-0.05, 0) is 30.7 Å². The maximum absolute atomic E-state index is 9.77. The van der Waals surface area contributed by atoms with E-state index in [0.717, 1.165) is 6.42 Å². The third-order valence-corrected chi connectivity index (χ3v) is 4.34. The molecule has 1 aromatic rings.